The standard InChI is InChI=1S/C11H14O4S/c1-3-15-11(12)9-5-7-10(8-6-9)16(13,14)4-2/h5-8H,3-4H2,1-2H3. The number of carbonyl (C=O) groups is 1. The Balaban J connectivity index is 2.96. The van der Waals surface area contributed by atoms with Crippen molar-refractivity contribution in [2.75, 3.05) is 12.4 Å². The smallest absolute Gasteiger partial charge is 0.338 e. The van der Waals surface area contributed by atoms with Crippen LogP contribution in [0.15, 0.2) is 29.2 Å². The number of hydrogen-bond donors (Lipinski definition) is 0. The highest BCUT2D eigenvalue weighted by Gasteiger charge is 2.12. The lowest BCUT2D eigenvalue weighted by molar-refractivity contribution is 0.0526. The van der Waals surface area contributed by atoms with Gasteiger partial charge in [0.05, 0.1) is 22.8 Å². The molecule has 0 amide bonds. The fourth-order valence-corrected chi connectivity index (χ4v) is 2.06. The number of rotatable bonds is 4. The van der Waals surface area contributed by atoms with Crippen molar-refractivity contribution in [2.24, 2.45) is 0 Å². The van der Waals surface area contributed by atoms with E-state index in [-0.39, 0.29) is 10.6 Å². The van der Waals surface area contributed by atoms with Crippen molar-refractivity contribution in [3.05, 3.63) is 29.8 Å². The number of sulfone groups is 1. The van der Waals surface area contributed by atoms with E-state index >= 15 is 0 Å². The molecule has 0 unspecified atom stereocenters. The summed E-state index contributed by atoms with van der Waals surface area (Å²) in [5.41, 5.74) is 0.358. The van der Waals surface area contributed by atoms with Gasteiger partial charge in [0, 0.05) is 0 Å². The summed E-state index contributed by atoms with van der Waals surface area (Å²) in [6, 6.07) is 5.76. The van der Waals surface area contributed by atoms with Crippen LogP contribution in [0.4, 0.5) is 0 Å². The predicted octanol–water partition coefficient (Wildman–Crippen LogP) is 1.66. The largest absolute Gasteiger partial charge is 0.462 e. The molecular weight excluding hydrogens is 228 g/mol. The van der Waals surface area contributed by atoms with Crippen LogP contribution in [-0.2, 0) is 14.6 Å². The summed E-state index contributed by atoms with van der Waals surface area (Å²) in [6.07, 6.45) is 0. The van der Waals surface area contributed by atoms with Gasteiger partial charge in [-0.1, -0.05) is 6.92 Å². The Kier molecular flexibility index (Phi) is 4.06. The SMILES string of the molecule is CCOC(=O)c1ccc(S(=O)(=O)CC)cc1. The summed E-state index contributed by atoms with van der Waals surface area (Å²) in [5, 5.41) is 0. The number of carbonyl (C=O) groups excluding carboxylic acids is 1. The Bertz CT molecular complexity index is 459. The van der Waals surface area contributed by atoms with Crippen molar-refractivity contribution in [3.63, 3.8) is 0 Å². The van der Waals surface area contributed by atoms with E-state index in [0.29, 0.717) is 12.2 Å². The van der Waals surface area contributed by atoms with E-state index in [2.05, 4.69) is 0 Å². The molecule has 0 saturated heterocycles. The van der Waals surface area contributed by atoms with Crippen molar-refractivity contribution < 1.29 is 17.9 Å². The van der Waals surface area contributed by atoms with E-state index in [1.165, 1.54) is 24.3 Å². The molecule has 0 aliphatic carbocycles. The summed E-state index contributed by atoms with van der Waals surface area (Å²) < 4.78 is 27.8. The molecule has 1 aromatic carbocycles. The molecule has 0 atom stereocenters. The first-order chi connectivity index (χ1) is 7.51. The Morgan fingerprint density at radius 3 is 2.19 bits per heavy atom. The Morgan fingerprint density at radius 1 is 1.19 bits per heavy atom. The zero-order valence-corrected chi connectivity index (χ0v) is 10.1. The summed E-state index contributed by atoms with van der Waals surface area (Å²) in [7, 11) is -3.21. The maximum Gasteiger partial charge on any atom is 0.338 e. The first kappa shape index (κ1) is 12.7. The van der Waals surface area contributed by atoms with Crippen LogP contribution in [-0.4, -0.2) is 26.7 Å². The minimum absolute atomic E-state index is 0.0474. The van der Waals surface area contributed by atoms with E-state index in [0.717, 1.165) is 0 Å². The second-order valence-corrected chi connectivity index (χ2v) is 5.43. The molecule has 0 aliphatic heterocycles. The number of benzene rings is 1. The first-order valence-corrected chi connectivity index (χ1v) is 6.66. The van der Waals surface area contributed by atoms with Gasteiger partial charge in [0.2, 0.25) is 0 Å². The first-order valence-electron chi connectivity index (χ1n) is 5.01. The molecule has 0 aliphatic rings. The molecule has 0 aromatic heterocycles. The number of esters is 1. The maximum atomic E-state index is 11.5. The zero-order valence-electron chi connectivity index (χ0n) is 9.26. The summed E-state index contributed by atoms with van der Waals surface area (Å²) in [6.45, 7) is 3.59. The Labute approximate surface area is 95.2 Å². The maximum absolute atomic E-state index is 11.5. The van der Waals surface area contributed by atoms with E-state index in [9.17, 15) is 13.2 Å². The van der Waals surface area contributed by atoms with Gasteiger partial charge in [-0.15, -0.1) is 0 Å². The third-order valence-electron chi connectivity index (χ3n) is 2.10. The van der Waals surface area contributed by atoms with E-state index in [1.54, 1.807) is 13.8 Å². The average molecular weight is 242 g/mol. The number of hydrogen-bond acceptors (Lipinski definition) is 4. The fourth-order valence-electron chi connectivity index (χ4n) is 1.18. The van der Waals surface area contributed by atoms with Gasteiger partial charge in [0.15, 0.2) is 9.84 Å². The molecule has 0 bridgehead atoms. The fraction of sp³-hybridized carbons (Fsp3) is 0.364. The molecule has 5 heteroatoms. The van der Waals surface area contributed by atoms with Gasteiger partial charge < -0.3 is 4.74 Å². The molecule has 0 heterocycles. The normalized spacial score (nSPS) is 11.1. The van der Waals surface area contributed by atoms with Crippen LogP contribution in [0.3, 0.4) is 0 Å². The van der Waals surface area contributed by atoms with Crippen LogP contribution in [0.1, 0.15) is 24.2 Å². The average Bonchev–Trinajstić information content (AvgIpc) is 2.29. The molecule has 0 radical (unpaired) electrons. The van der Waals surface area contributed by atoms with Gasteiger partial charge in [-0.2, -0.15) is 0 Å². The molecule has 4 nitrogen and oxygen atoms in total. The van der Waals surface area contributed by atoms with Crippen LogP contribution in [0, 0.1) is 0 Å². The molecule has 0 N–H and O–H groups in total. The molecule has 88 valence electrons. The van der Waals surface area contributed by atoms with Crippen LogP contribution >= 0.6 is 0 Å². The zero-order chi connectivity index (χ0) is 12.2. The highest BCUT2D eigenvalue weighted by atomic mass is 32.2. The summed E-state index contributed by atoms with van der Waals surface area (Å²) in [5.74, 6) is -0.394. The molecule has 0 spiro atoms. The predicted molar refractivity (Wildman–Crippen MR) is 60.1 cm³/mol. The third-order valence-corrected chi connectivity index (χ3v) is 3.86. The van der Waals surface area contributed by atoms with Gasteiger partial charge in [-0.25, -0.2) is 13.2 Å². The van der Waals surface area contributed by atoms with Crippen molar-refractivity contribution >= 4 is 15.8 Å². The lowest BCUT2D eigenvalue weighted by Gasteiger charge is -2.03. The molecule has 1 aromatic rings. The van der Waals surface area contributed by atoms with Crippen molar-refractivity contribution in [2.45, 2.75) is 18.7 Å². The van der Waals surface area contributed by atoms with E-state index < -0.39 is 15.8 Å². The second-order valence-electron chi connectivity index (χ2n) is 3.15. The van der Waals surface area contributed by atoms with E-state index in [4.69, 9.17) is 4.74 Å². The van der Waals surface area contributed by atoms with Gasteiger partial charge in [0.25, 0.3) is 0 Å². The topological polar surface area (TPSA) is 60.4 Å². The van der Waals surface area contributed by atoms with Crippen LogP contribution in [0.5, 0.6) is 0 Å². The van der Waals surface area contributed by atoms with Crippen molar-refractivity contribution in [1.29, 1.82) is 0 Å². The second kappa shape index (κ2) is 5.12. The summed E-state index contributed by atoms with van der Waals surface area (Å²) in [4.78, 5) is 11.5. The highest BCUT2D eigenvalue weighted by molar-refractivity contribution is 7.91. The van der Waals surface area contributed by atoms with Gasteiger partial charge in [-0.05, 0) is 31.2 Å². The monoisotopic (exact) mass is 242 g/mol. The van der Waals surface area contributed by atoms with Gasteiger partial charge in [-0.3, -0.25) is 0 Å². The molecule has 0 saturated carbocycles. The summed E-state index contributed by atoms with van der Waals surface area (Å²) >= 11 is 0. The van der Waals surface area contributed by atoms with Crippen molar-refractivity contribution in [1.82, 2.24) is 0 Å². The van der Waals surface area contributed by atoms with Crippen molar-refractivity contribution in [3.8, 4) is 0 Å². The molecule has 1 rings (SSSR count). The molecule has 16 heavy (non-hydrogen) atoms. The number of ether oxygens (including phenoxy) is 1. The van der Waals surface area contributed by atoms with Crippen LogP contribution in [0.2, 0.25) is 0 Å². The van der Waals surface area contributed by atoms with E-state index in [1.807, 2.05) is 0 Å². The van der Waals surface area contributed by atoms with Crippen LogP contribution in [0.25, 0.3) is 0 Å². The Hall–Kier alpha value is -1.36. The quantitative estimate of drug-likeness (QED) is 0.753. The van der Waals surface area contributed by atoms with Crippen LogP contribution < -0.4 is 0 Å². The van der Waals surface area contributed by atoms with Gasteiger partial charge >= 0.3 is 5.97 Å². The minimum Gasteiger partial charge on any atom is -0.462 e. The highest BCUT2D eigenvalue weighted by Crippen LogP contribution is 2.12. The molecule has 0 fully saturated rings. The lowest BCUT2D eigenvalue weighted by Crippen LogP contribution is -2.07. The molecular formula is C11H14O4S. The minimum atomic E-state index is -3.21. The Morgan fingerprint density at radius 2 is 1.75 bits per heavy atom. The van der Waals surface area contributed by atoms with Gasteiger partial charge in [0.1, 0.15) is 0 Å². The third kappa shape index (κ3) is 2.82. The lowest BCUT2D eigenvalue weighted by atomic mass is 10.2.